The molecule has 0 heterocycles. The van der Waals surface area contributed by atoms with Gasteiger partial charge in [-0.05, 0) is 38.4 Å². The summed E-state index contributed by atoms with van der Waals surface area (Å²) in [5.74, 6) is 0. The van der Waals surface area contributed by atoms with E-state index in [9.17, 15) is 0 Å². The summed E-state index contributed by atoms with van der Waals surface area (Å²) in [7, 11) is -1.84. The second kappa shape index (κ2) is 6.74. The van der Waals surface area contributed by atoms with Crippen LogP contribution in [0.25, 0.3) is 6.08 Å². The molecular weight excluding hydrogens is 228 g/mol. The van der Waals surface area contributed by atoms with Crippen LogP contribution in [-0.2, 0) is 8.85 Å². The first-order valence-corrected chi connectivity index (χ1v) is 7.59. The Hall–Kier alpha value is -0.903. The summed E-state index contributed by atoms with van der Waals surface area (Å²) < 4.78 is 11.9. The molecule has 0 amide bonds. The predicted octanol–water partition coefficient (Wildman–Crippen LogP) is 2.61. The fraction of sp³-hybridized carbons (Fsp3) is 0.429. The maximum absolute atomic E-state index is 5.96. The van der Waals surface area contributed by atoms with Gasteiger partial charge in [-0.1, -0.05) is 36.9 Å². The van der Waals surface area contributed by atoms with Gasteiger partial charge in [0.25, 0.3) is 0 Å². The minimum atomic E-state index is -1.84. The van der Waals surface area contributed by atoms with Crippen molar-refractivity contribution in [2.75, 3.05) is 0 Å². The highest BCUT2D eigenvalue weighted by molar-refractivity contribution is 6.62. The smallest absolute Gasteiger partial charge is 0.356 e. The Balaban J connectivity index is 2.98. The van der Waals surface area contributed by atoms with Crippen LogP contribution < -0.4 is 5.19 Å². The minimum absolute atomic E-state index is 0.184. The average molecular weight is 250 g/mol. The summed E-state index contributed by atoms with van der Waals surface area (Å²) in [6.45, 7) is 12.0. The number of hydrogen-bond donors (Lipinski definition) is 0. The molecule has 0 aromatic heterocycles. The molecule has 0 atom stereocenters. The van der Waals surface area contributed by atoms with Crippen LogP contribution >= 0.6 is 0 Å². The highest BCUT2D eigenvalue weighted by atomic mass is 28.3. The Morgan fingerprint density at radius 1 is 1.06 bits per heavy atom. The second-order valence-electron chi connectivity index (χ2n) is 4.53. The minimum Gasteiger partial charge on any atom is -0.391 e. The lowest BCUT2D eigenvalue weighted by Gasteiger charge is -2.23. The largest absolute Gasteiger partial charge is 0.391 e. The lowest BCUT2D eigenvalue weighted by molar-refractivity contribution is 0.139. The third-order valence-electron chi connectivity index (χ3n) is 2.26. The maximum Gasteiger partial charge on any atom is 0.356 e. The van der Waals surface area contributed by atoms with Gasteiger partial charge in [0.1, 0.15) is 0 Å². The molecule has 0 saturated carbocycles. The van der Waals surface area contributed by atoms with Crippen LogP contribution in [0.15, 0.2) is 30.8 Å². The van der Waals surface area contributed by atoms with Crippen LogP contribution in [0.4, 0.5) is 0 Å². The summed E-state index contributed by atoms with van der Waals surface area (Å²) in [6.07, 6.45) is 2.23. The van der Waals surface area contributed by atoms with Crippen molar-refractivity contribution < 1.29 is 8.85 Å². The Bertz CT molecular complexity index is 351. The lowest BCUT2D eigenvalue weighted by atomic mass is 10.2. The quantitative estimate of drug-likeness (QED) is 0.723. The zero-order chi connectivity index (χ0) is 12.8. The van der Waals surface area contributed by atoms with Gasteiger partial charge in [-0.3, -0.25) is 0 Å². The van der Waals surface area contributed by atoms with E-state index < -0.39 is 9.28 Å². The predicted molar refractivity (Wildman–Crippen MR) is 75.8 cm³/mol. The molecule has 0 radical (unpaired) electrons. The van der Waals surface area contributed by atoms with Crippen molar-refractivity contribution in [1.29, 1.82) is 0 Å². The van der Waals surface area contributed by atoms with Crippen molar-refractivity contribution in [1.82, 2.24) is 0 Å². The number of benzene rings is 1. The lowest BCUT2D eigenvalue weighted by Crippen LogP contribution is -2.42. The fourth-order valence-corrected chi connectivity index (χ4v) is 3.69. The fourth-order valence-electron chi connectivity index (χ4n) is 1.58. The van der Waals surface area contributed by atoms with E-state index in [0.717, 1.165) is 5.56 Å². The van der Waals surface area contributed by atoms with Gasteiger partial charge in [0.05, 0.1) is 0 Å². The summed E-state index contributed by atoms with van der Waals surface area (Å²) >= 11 is 0. The summed E-state index contributed by atoms with van der Waals surface area (Å²) in [5.41, 5.74) is 1.12. The molecule has 0 bridgehead atoms. The molecule has 0 aliphatic rings. The van der Waals surface area contributed by atoms with Crippen LogP contribution in [0, 0.1) is 0 Å². The van der Waals surface area contributed by atoms with E-state index in [4.69, 9.17) is 8.85 Å². The SMILES string of the molecule is C=Cc1ccccc1[SiH](OC(C)C)OC(C)C. The van der Waals surface area contributed by atoms with Gasteiger partial charge in [0.2, 0.25) is 0 Å². The topological polar surface area (TPSA) is 18.5 Å². The number of hydrogen-bond acceptors (Lipinski definition) is 2. The molecule has 0 aliphatic carbocycles. The van der Waals surface area contributed by atoms with Crippen molar-refractivity contribution >= 4 is 20.5 Å². The van der Waals surface area contributed by atoms with Crippen LogP contribution in [0.5, 0.6) is 0 Å². The van der Waals surface area contributed by atoms with Gasteiger partial charge in [-0.2, -0.15) is 0 Å². The third-order valence-corrected chi connectivity index (χ3v) is 4.88. The van der Waals surface area contributed by atoms with Gasteiger partial charge in [0.15, 0.2) is 0 Å². The van der Waals surface area contributed by atoms with Gasteiger partial charge in [-0.15, -0.1) is 0 Å². The Kier molecular flexibility index (Phi) is 5.61. The Morgan fingerprint density at radius 2 is 1.59 bits per heavy atom. The van der Waals surface area contributed by atoms with Gasteiger partial charge in [-0.25, -0.2) is 0 Å². The molecule has 0 fully saturated rings. The molecule has 1 rings (SSSR count). The van der Waals surface area contributed by atoms with E-state index in [2.05, 4.69) is 18.7 Å². The molecule has 1 aromatic carbocycles. The highest BCUT2D eigenvalue weighted by Gasteiger charge is 2.21. The highest BCUT2D eigenvalue weighted by Crippen LogP contribution is 2.06. The number of rotatable bonds is 6. The third kappa shape index (κ3) is 4.46. The van der Waals surface area contributed by atoms with Crippen molar-refractivity contribution in [2.45, 2.75) is 39.9 Å². The van der Waals surface area contributed by atoms with E-state index in [1.807, 2.05) is 45.9 Å². The summed E-state index contributed by atoms with van der Waals surface area (Å²) in [5, 5.41) is 1.17. The molecule has 0 spiro atoms. The van der Waals surface area contributed by atoms with Crippen LogP contribution in [0.1, 0.15) is 33.3 Å². The normalized spacial score (nSPS) is 11.5. The summed E-state index contributed by atoms with van der Waals surface area (Å²) in [4.78, 5) is 0. The standard InChI is InChI=1S/C14H22O2Si/c1-6-13-9-7-8-10-14(13)17(15-11(2)3)16-12(4)5/h6-12,17H,1H2,2-5H3. The van der Waals surface area contributed by atoms with Crippen molar-refractivity contribution in [2.24, 2.45) is 0 Å². The molecule has 3 heteroatoms. The molecule has 2 nitrogen and oxygen atoms in total. The first-order valence-electron chi connectivity index (χ1n) is 6.07. The molecule has 0 saturated heterocycles. The van der Waals surface area contributed by atoms with Crippen molar-refractivity contribution in [3.63, 3.8) is 0 Å². The molecule has 0 N–H and O–H groups in total. The van der Waals surface area contributed by atoms with E-state index in [-0.39, 0.29) is 12.2 Å². The Labute approximate surface area is 106 Å². The summed E-state index contributed by atoms with van der Waals surface area (Å²) in [6, 6.07) is 8.17. The van der Waals surface area contributed by atoms with E-state index in [1.165, 1.54) is 5.19 Å². The zero-order valence-electron chi connectivity index (χ0n) is 11.1. The first-order chi connectivity index (χ1) is 8.04. The van der Waals surface area contributed by atoms with Gasteiger partial charge >= 0.3 is 9.28 Å². The van der Waals surface area contributed by atoms with Crippen LogP contribution in [-0.4, -0.2) is 21.5 Å². The van der Waals surface area contributed by atoms with Gasteiger partial charge < -0.3 is 8.85 Å². The van der Waals surface area contributed by atoms with E-state index in [1.54, 1.807) is 0 Å². The molecule has 0 unspecified atom stereocenters. The van der Waals surface area contributed by atoms with Gasteiger partial charge in [0, 0.05) is 12.2 Å². The van der Waals surface area contributed by atoms with E-state index in [0.29, 0.717) is 0 Å². The molecular formula is C14H22O2Si. The van der Waals surface area contributed by atoms with Crippen LogP contribution in [0.3, 0.4) is 0 Å². The molecule has 17 heavy (non-hydrogen) atoms. The molecule has 94 valence electrons. The first kappa shape index (κ1) is 14.2. The monoisotopic (exact) mass is 250 g/mol. The Morgan fingerprint density at radius 3 is 2.06 bits per heavy atom. The van der Waals surface area contributed by atoms with Crippen LogP contribution in [0.2, 0.25) is 0 Å². The van der Waals surface area contributed by atoms with Crippen molar-refractivity contribution in [3.8, 4) is 0 Å². The molecule has 0 aliphatic heterocycles. The maximum atomic E-state index is 5.96. The van der Waals surface area contributed by atoms with Crippen molar-refractivity contribution in [3.05, 3.63) is 36.4 Å². The second-order valence-corrected chi connectivity index (χ2v) is 6.36. The zero-order valence-corrected chi connectivity index (χ0v) is 12.3. The average Bonchev–Trinajstić information content (AvgIpc) is 2.27. The molecule has 1 aromatic rings. The van der Waals surface area contributed by atoms with E-state index >= 15 is 0 Å².